The number of hydrogen-bond donors (Lipinski definition) is 1. The molecule has 0 bridgehead atoms. The summed E-state index contributed by atoms with van der Waals surface area (Å²) in [6.07, 6.45) is -0.192. The van der Waals surface area contributed by atoms with Crippen molar-refractivity contribution in [3.8, 4) is 11.5 Å². The minimum atomic E-state index is -3.10. The van der Waals surface area contributed by atoms with Gasteiger partial charge in [0, 0.05) is 12.1 Å². The number of nitrogens with two attached hydrogens (primary N) is 1. The molecule has 2 N–H and O–H groups in total. The van der Waals surface area contributed by atoms with Crippen LogP contribution in [-0.4, -0.2) is 25.9 Å². The molecule has 1 fully saturated rings. The minimum absolute atomic E-state index is 0.0241. The van der Waals surface area contributed by atoms with Gasteiger partial charge < -0.3 is 19.9 Å². The van der Waals surface area contributed by atoms with E-state index in [-0.39, 0.29) is 17.5 Å². The Labute approximate surface area is 95.1 Å². The fourth-order valence-corrected chi connectivity index (χ4v) is 1.30. The molecular formula is C10H10F3NO3. The zero-order valence-electron chi connectivity index (χ0n) is 8.66. The molecule has 0 saturated carbocycles. The van der Waals surface area contributed by atoms with E-state index in [1.165, 1.54) is 0 Å². The van der Waals surface area contributed by atoms with E-state index >= 15 is 0 Å². The van der Waals surface area contributed by atoms with Crippen molar-refractivity contribution in [3.63, 3.8) is 0 Å². The van der Waals surface area contributed by atoms with Gasteiger partial charge in [0.15, 0.2) is 11.6 Å². The summed E-state index contributed by atoms with van der Waals surface area (Å²) in [6, 6.07) is 1.89. The normalized spacial score (nSPS) is 15.8. The van der Waals surface area contributed by atoms with Crippen LogP contribution in [0.5, 0.6) is 11.5 Å². The number of alkyl halides is 2. The van der Waals surface area contributed by atoms with E-state index < -0.39 is 18.2 Å². The molecule has 0 atom stereocenters. The van der Waals surface area contributed by atoms with E-state index in [0.717, 1.165) is 12.1 Å². The Hall–Kier alpha value is -1.63. The molecule has 94 valence electrons. The molecule has 4 nitrogen and oxygen atoms in total. The lowest BCUT2D eigenvalue weighted by atomic mass is 10.2. The smallest absolute Gasteiger partial charge is 0.387 e. The summed E-state index contributed by atoms with van der Waals surface area (Å²) in [6.45, 7) is -2.32. The van der Waals surface area contributed by atoms with Crippen molar-refractivity contribution in [2.24, 2.45) is 0 Å². The van der Waals surface area contributed by atoms with Gasteiger partial charge >= 0.3 is 6.61 Å². The Balaban J connectivity index is 2.18. The van der Waals surface area contributed by atoms with Gasteiger partial charge in [-0.25, -0.2) is 4.39 Å². The average Bonchev–Trinajstić information content (AvgIpc) is 2.17. The third kappa shape index (κ3) is 2.73. The van der Waals surface area contributed by atoms with Crippen LogP contribution in [0.4, 0.5) is 18.9 Å². The van der Waals surface area contributed by atoms with Gasteiger partial charge in [0.2, 0.25) is 0 Å². The number of halogens is 3. The zero-order valence-corrected chi connectivity index (χ0v) is 8.66. The monoisotopic (exact) mass is 249 g/mol. The third-order valence-corrected chi connectivity index (χ3v) is 2.18. The van der Waals surface area contributed by atoms with Gasteiger partial charge in [0.1, 0.15) is 11.9 Å². The summed E-state index contributed by atoms with van der Waals surface area (Å²) < 4.78 is 51.4. The van der Waals surface area contributed by atoms with Crippen molar-refractivity contribution < 1.29 is 27.4 Å². The van der Waals surface area contributed by atoms with E-state index in [2.05, 4.69) is 4.74 Å². The Morgan fingerprint density at radius 1 is 1.29 bits per heavy atom. The van der Waals surface area contributed by atoms with Crippen LogP contribution in [0, 0.1) is 5.82 Å². The van der Waals surface area contributed by atoms with Crippen LogP contribution in [0.25, 0.3) is 0 Å². The highest BCUT2D eigenvalue weighted by molar-refractivity contribution is 5.56. The topological polar surface area (TPSA) is 53.7 Å². The maximum absolute atomic E-state index is 13.2. The van der Waals surface area contributed by atoms with Crippen molar-refractivity contribution in [2.75, 3.05) is 18.9 Å². The third-order valence-electron chi connectivity index (χ3n) is 2.18. The lowest BCUT2D eigenvalue weighted by Gasteiger charge is -2.27. The highest BCUT2D eigenvalue weighted by Gasteiger charge is 2.22. The number of benzene rings is 1. The zero-order chi connectivity index (χ0) is 12.4. The summed E-state index contributed by atoms with van der Waals surface area (Å²) in [5.41, 5.74) is 5.52. The molecule has 0 unspecified atom stereocenters. The van der Waals surface area contributed by atoms with E-state index in [4.69, 9.17) is 15.2 Å². The fraction of sp³-hybridized carbons (Fsp3) is 0.400. The van der Waals surface area contributed by atoms with Crippen LogP contribution in [0.3, 0.4) is 0 Å². The maximum Gasteiger partial charge on any atom is 0.387 e. The van der Waals surface area contributed by atoms with Crippen molar-refractivity contribution >= 4 is 5.69 Å². The molecule has 0 amide bonds. The first kappa shape index (κ1) is 11.8. The van der Waals surface area contributed by atoms with Crippen LogP contribution < -0.4 is 15.2 Å². The molecule has 1 heterocycles. The lowest BCUT2D eigenvalue weighted by Crippen LogP contribution is -2.38. The highest BCUT2D eigenvalue weighted by Crippen LogP contribution is 2.32. The van der Waals surface area contributed by atoms with Crippen LogP contribution in [0.2, 0.25) is 0 Å². The summed E-state index contributed by atoms with van der Waals surface area (Å²) >= 11 is 0. The first-order valence-corrected chi connectivity index (χ1v) is 4.84. The molecule has 0 radical (unpaired) electrons. The second-order valence-electron chi connectivity index (χ2n) is 3.48. The second-order valence-corrected chi connectivity index (χ2v) is 3.48. The highest BCUT2D eigenvalue weighted by atomic mass is 19.3. The van der Waals surface area contributed by atoms with E-state index in [0.29, 0.717) is 13.2 Å². The number of hydrogen-bond acceptors (Lipinski definition) is 4. The van der Waals surface area contributed by atoms with Gasteiger partial charge in [-0.15, -0.1) is 0 Å². The van der Waals surface area contributed by atoms with Crippen molar-refractivity contribution in [2.45, 2.75) is 12.7 Å². The predicted molar refractivity (Wildman–Crippen MR) is 52.7 cm³/mol. The molecule has 1 aromatic carbocycles. The number of anilines is 1. The lowest BCUT2D eigenvalue weighted by molar-refractivity contribution is -0.0799. The minimum Gasteiger partial charge on any atom is -0.483 e. The first-order valence-electron chi connectivity index (χ1n) is 4.84. The number of ether oxygens (including phenoxy) is 3. The van der Waals surface area contributed by atoms with Gasteiger partial charge in [0.05, 0.1) is 18.9 Å². The first-order chi connectivity index (χ1) is 8.06. The van der Waals surface area contributed by atoms with Gasteiger partial charge in [-0.1, -0.05) is 0 Å². The molecule has 7 heteroatoms. The quantitative estimate of drug-likeness (QED) is 0.826. The molecule has 0 aliphatic carbocycles. The van der Waals surface area contributed by atoms with Gasteiger partial charge in [0.25, 0.3) is 0 Å². The predicted octanol–water partition coefficient (Wildman–Crippen LogP) is 1.79. The molecule has 1 aliphatic heterocycles. The van der Waals surface area contributed by atoms with Crippen LogP contribution in [0.15, 0.2) is 12.1 Å². The maximum atomic E-state index is 13.2. The van der Waals surface area contributed by atoms with Gasteiger partial charge in [-0.3, -0.25) is 0 Å². The summed E-state index contributed by atoms with van der Waals surface area (Å²) in [5.74, 6) is -1.44. The van der Waals surface area contributed by atoms with Crippen molar-refractivity contribution in [3.05, 3.63) is 17.9 Å². The standard InChI is InChI=1S/C10H10F3NO3/c11-6-1-7(14)9(16-5-3-15-4-5)2-8(6)17-10(12)13/h1-2,5,10H,3-4,14H2. The van der Waals surface area contributed by atoms with Gasteiger partial charge in [-0.2, -0.15) is 8.78 Å². The Kier molecular flexibility index (Phi) is 3.28. The van der Waals surface area contributed by atoms with Crippen molar-refractivity contribution in [1.82, 2.24) is 0 Å². The molecule has 1 saturated heterocycles. The number of nitrogen functional groups attached to an aromatic ring is 1. The average molecular weight is 249 g/mol. The summed E-state index contributed by atoms with van der Waals surface area (Å²) in [4.78, 5) is 0. The fourth-order valence-electron chi connectivity index (χ4n) is 1.30. The molecule has 17 heavy (non-hydrogen) atoms. The van der Waals surface area contributed by atoms with Crippen molar-refractivity contribution in [1.29, 1.82) is 0 Å². The van der Waals surface area contributed by atoms with Crippen LogP contribution in [0.1, 0.15) is 0 Å². The molecule has 1 aliphatic rings. The molecule has 2 rings (SSSR count). The van der Waals surface area contributed by atoms with E-state index in [9.17, 15) is 13.2 Å². The van der Waals surface area contributed by atoms with Crippen LogP contribution >= 0.6 is 0 Å². The molecule has 1 aromatic rings. The SMILES string of the molecule is Nc1cc(F)c(OC(F)F)cc1OC1COC1. The summed E-state index contributed by atoms with van der Waals surface area (Å²) in [7, 11) is 0. The van der Waals surface area contributed by atoms with Gasteiger partial charge in [-0.05, 0) is 0 Å². The number of rotatable bonds is 4. The van der Waals surface area contributed by atoms with E-state index in [1.807, 2.05) is 0 Å². The molecule has 0 aromatic heterocycles. The Morgan fingerprint density at radius 2 is 2.00 bits per heavy atom. The molecule has 0 spiro atoms. The Morgan fingerprint density at radius 3 is 2.53 bits per heavy atom. The summed E-state index contributed by atoms with van der Waals surface area (Å²) in [5, 5.41) is 0. The van der Waals surface area contributed by atoms with E-state index in [1.54, 1.807) is 0 Å². The largest absolute Gasteiger partial charge is 0.483 e. The molecular weight excluding hydrogens is 239 g/mol. The second kappa shape index (κ2) is 4.70. The van der Waals surface area contributed by atoms with Crippen LogP contribution in [-0.2, 0) is 4.74 Å². The Bertz CT molecular complexity index is 410.